The van der Waals surface area contributed by atoms with Gasteiger partial charge < -0.3 is 0 Å². The number of nitrogens with one attached hydrogen (secondary N) is 1. The van der Waals surface area contributed by atoms with Crippen LogP contribution in [0.5, 0.6) is 0 Å². The maximum atomic E-state index is 11.3. The number of hydrogen-bond donors (Lipinski definition) is 1. The van der Waals surface area contributed by atoms with Gasteiger partial charge in [-0.3, -0.25) is 9.78 Å². The van der Waals surface area contributed by atoms with E-state index in [1.54, 1.807) is 6.20 Å². The van der Waals surface area contributed by atoms with Gasteiger partial charge >= 0.3 is 0 Å². The van der Waals surface area contributed by atoms with Crippen molar-refractivity contribution in [3.8, 4) is 0 Å². The van der Waals surface area contributed by atoms with Crippen LogP contribution in [0.25, 0.3) is 11.0 Å². The minimum absolute atomic E-state index is 0.0139. The molecule has 1 N–H and O–H groups in total. The van der Waals surface area contributed by atoms with E-state index < -0.39 is 0 Å². The molecule has 0 radical (unpaired) electrons. The fraction of sp³-hybridized carbons (Fsp3) is 0.231. The Morgan fingerprint density at radius 2 is 2.11 bits per heavy atom. The molecular weight excluding hydrogens is 228 g/mol. The standard InChI is InChI=1S/C13H12N4O/c18-13(9-5-6-9)17-15-8-10-7-14-11-3-1-2-4-12(11)16-10/h1-4,7-9H,5-6H2,(H,17,18). The number of para-hydroxylation sites is 2. The predicted molar refractivity (Wildman–Crippen MR) is 68.0 cm³/mol. The van der Waals surface area contributed by atoms with Crippen molar-refractivity contribution in [1.29, 1.82) is 0 Å². The molecule has 5 nitrogen and oxygen atoms in total. The van der Waals surface area contributed by atoms with Crippen LogP contribution in [0.4, 0.5) is 0 Å². The average Bonchev–Trinajstić information content (AvgIpc) is 3.23. The third-order valence-electron chi connectivity index (χ3n) is 2.79. The Balaban J connectivity index is 1.73. The number of nitrogens with zero attached hydrogens (tertiary/aromatic N) is 3. The third kappa shape index (κ3) is 2.34. The number of aromatic nitrogens is 2. The van der Waals surface area contributed by atoms with E-state index >= 15 is 0 Å². The van der Waals surface area contributed by atoms with Crippen LogP contribution in [-0.4, -0.2) is 22.1 Å². The Kier molecular flexibility index (Phi) is 2.72. The van der Waals surface area contributed by atoms with Crippen LogP contribution in [0.15, 0.2) is 35.6 Å². The summed E-state index contributed by atoms with van der Waals surface area (Å²) in [4.78, 5) is 20.0. The quantitative estimate of drug-likeness (QED) is 0.653. The van der Waals surface area contributed by atoms with Gasteiger partial charge in [0.2, 0.25) is 5.91 Å². The molecule has 1 heterocycles. The number of hydrogen-bond acceptors (Lipinski definition) is 4. The molecule has 0 aliphatic heterocycles. The number of rotatable bonds is 3. The lowest BCUT2D eigenvalue weighted by atomic mass is 10.3. The van der Waals surface area contributed by atoms with Gasteiger partial charge in [-0.25, -0.2) is 10.4 Å². The fourth-order valence-electron chi connectivity index (χ4n) is 1.63. The van der Waals surface area contributed by atoms with E-state index in [0.717, 1.165) is 23.9 Å². The van der Waals surface area contributed by atoms with Gasteiger partial charge in [0.05, 0.1) is 23.4 Å². The first-order chi connectivity index (χ1) is 8.83. The molecule has 1 aromatic carbocycles. The van der Waals surface area contributed by atoms with Crippen molar-refractivity contribution in [2.45, 2.75) is 12.8 Å². The van der Waals surface area contributed by atoms with Crippen LogP contribution < -0.4 is 5.43 Å². The van der Waals surface area contributed by atoms with Gasteiger partial charge in [-0.1, -0.05) is 12.1 Å². The largest absolute Gasteiger partial charge is 0.273 e. The van der Waals surface area contributed by atoms with Crippen molar-refractivity contribution < 1.29 is 4.79 Å². The number of carbonyl (C=O) groups is 1. The number of benzene rings is 1. The van der Waals surface area contributed by atoms with Crippen molar-refractivity contribution in [3.05, 3.63) is 36.2 Å². The summed E-state index contributed by atoms with van der Waals surface area (Å²) < 4.78 is 0. The Bertz CT molecular complexity index is 619. The molecular formula is C13H12N4O. The summed E-state index contributed by atoms with van der Waals surface area (Å²) in [5.74, 6) is 0.143. The molecule has 0 bridgehead atoms. The highest BCUT2D eigenvalue weighted by Gasteiger charge is 2.29. The van der Waals surface area contributed by atoms with Crippen molar-refractivity contribution in [2.24, 2.45) is 11.0 Å². The molecule has 0 unspecified atom stereocenters. The second kappa shape index (κ2) is 4.52. The second-order valence-corrected chi connectivity index (χ2v) is 4.29. The molecule has 0 atom stereocenters. The molecule has 0 saturated heterocycles. The normalized spacial score (nSPS) is 15.1. The van der Waals surface area contributed by atoms with Crippen LogP contribution >= 0.6 is 0 Å². The summed E-state index contributed by atoms with van der Waals surface area (Å²) in [6.07, 6.45) is 5.09. The first-order valence-corrected chi connectivity index (χ1v) is 5.87. The molecule has 5 heteroatoms. The fourth-order valence-corrected chi connectivity index (χ4v) is 1.63. The molecule has 1 fully saturated rings. The average molecular weight is 240 g/mol. The van der Waals surface area contributed by atoms with E-state index in [2.05, 4.69) is 20.5 Å². The number of carbonyl (C=O) groups excluding carboxylic acids is 1. The van der Waals surface area contributed by atoms with Crippen LogP contribution in [0.1, 0.15) is 18.5 Å². The summed E-state index contributed by atoms with van der Waals surface area (Å²) in [5.41, 5.74) is 4.79. The van der Waals surface area contributed by atoms with Gasteiger partial charge in [0.1, 0.15) is 5.69 Å². The minimum atomic E-state index is -0.0139. The van der Waals surface area contributed by atoms with E-state index in [-0.39, 0.29) is 11.8 Å². The first-order valence-electron chi connectivity index (χ1n) is 5.87. The van der Waals surface area contributed by atoms with Crippen LogP contribution in [-0.2, 0) is 4.79 Å². The highest BCUT2D eigenvalue weighted by molar-refractivity contribution is 5.85. The van der Waals surface area contributed by atoms with Gasteiger partial charge in [0.25, 0.3) is 0 Å². The molecule has 18 heavy (non-hydrogen) atoms. The molecule has 1 aliphatic rings. The van der Waals surface area contributed by atoms with Crippen molar-refractivity contribution in [2.75, 3.05) is 0 Å². The third-order valence-corrected chi connectivity index (χ3v) is 2.79. The van der Waals surface area contributed by atoms with Gasteiger partial charge in [-0.15, -0.1) is 0 Å². The van der Waals surface area contributed by atoms with Crippen molar-refractivity contribution in [1.82, 2.24) is 15.4 Å². The van der Waals surface area contributed by atoms with E-state index in [9.17, 15) is 4.79 Å². The van der Waals surface area contributed by atoms with Crippen molar-refractivity contribution in [3.63, 3.8) is 0 Å². The highest BCUT2D eigenvalue weighted by Crippen LogP contribution is 2.28. The van der Waals surface area contributed by atoms with Crippen molar-refractivity contribution >= 4 is 23.2 Å². The number of fused-ring (bicyclic) bond motifs is 1. The summed E-state index contributed by atoms with van der Waals surface area (Å²) >= 11 is 0. The zero-order valence-corrected chi connectivity index (χ0v) is 9.71. The Labute approximate surface area is 104 Å². The van der Waals surface area contributed by atoms with E-state index in [4.69, 9.17) is 0 Å². The SMILES string of the molecule is O=C(NN=Cc1cnc2ccccc2n1)C1CC1. The second-order valence-electron chi connectivity index (χ2n) is 4.29. The molecule has 2 aromatic rings. The van der Waals surface area contributed by atoms with Gasteiger partial charge in [0, 0.05) is 5.92 Å². The maximum Gasteiger partial charge on any atom is 0.243 e. The monoisotopic (exact) mass is 240 g/mol. The lowest BCUT2D eigenvalue weighted by Crippen LogP contribution is -2.19. The Morgan fingerprint density at radius 1 is 1.33 bits per heavy atom. The smallest absolute Gasteiger partial charge is 0.243 e. The van der Waals surface area contributed by atoms with Crippen LogP contribution in [0.2, 0.25) is 0 Å². The molecule has 3 rings (SSSR count). The molecule has 1 aliphatic carbocycles. The van der Waals surface area contributed by atoms with Crippen LogP contribution in [0.3, 0.4) is 0 Å². The van der Waals surface area contributed by atoms with E-state index in [0.29, 0.717) is 5.69 Å². The van der Waals surface area contributed by atoms with Crippen LogP contribution in [0, 0.1) is 5.92 Å². The predicted octanol–water partition coefficient (Wildman–Crippen LogP) is 1.49. The van der Waals surface area contributed by atoms with E-state index in [1.807, 2.05) is 24.3 Å². The molecule has 1 aromatic heterocycles. The topological polar surface area (TPSA) is 67.2 Å². The lowest BCUT2D eigenvalue weighted by Gasteiger charge is -1.98. The minimum Gasteiger partial charge on any atom is -0.273 e. The summed E-state index contributed by atoms with van der Waals surface area (Å²) in [6.45, 7) is 0. The summed E-state index contributed by atoms with van der Waals surface area (Å²) in [6, 6.07) is 7.62. The molecule has 90 valence electrons. The number of amides is 1. The Hall–Kier alpha value is -2.30. The van der Waals surface area contributed by atoms with Gasteiger partial charge in [0.15, 0.2) is 0 Å². The highest BCUT2D eigenvalue weighted by atomic mass is 16.2. The molecule has 1 amide bonds. The zero-order chi connectivity index (χ0) is 12.4. The van der Waals surface area contributed by atoms with Gasteiger partial charge in [-0.2, -0.15) is 5.10 Å². The van der Waals surface area contributed by atoms with Gasteiger partial charge in [-0.05, 0) is 25.0 Å². The number of hydrazone groups is 1. The first kappa shape index (κ1) is 10.8. The lowest BCUT2D eigenvalue weighted by molar-refractivity contribution is -0.122. The Morgan fingerprint density at radius 3 is 2.89 bits per heavy atom. The van der Waals surface area contributed by atoms with E-state index in [1.165, 1.54) is 6.21 Å². The molecule has 1 saturated carbocycles. The summed E-state index contributed by atoms with van der Waals surface area (Å²) in [5, 5.41) is 3.88. The molecule has 0 spiro atoms. The maximum absolute atomic E-state index is 11.3. The summed E-state index contributed by atoms with van der Waals surface area (Å²) in [7, 11) is 0. The zero-order valence-electron chi connectivity index (χ0n) is 9.71.